The molecule has 1 heterocycles. The number of nitrogens with zero attached hydrogens (tertiary/aromatic N) is 1. The third-order valence-corrected chi connectivity index (χ3v) is 4.32. The lowest BCUT2D eigenvalue weighted by Crippen LogP contribution is -2.43. The minimum atomic E-state index is -0.141. The molecular formula is C16H24ClN3O. The van der Waals surface area contributed by atoms with Gasteiger partial charge >= 0.3 is 0 Å². The number of anilines is 2. The van der Waals surface area contributed by atoms with Crippen LogP contribution in [-0.2, 0) is 4.79 Å². The molecule has 0 spiro atoms. The molecular weight excluding hydrogens is 286 g/mol. The molecule has 1 amide bonds. The number of nitrogen functional groups attached to an aromatic ring is 1. The summed E-state index contributed by atoms with van der Waals surface area (Å²) in [4.78, 5) is 14.7. The standard InChI is InChI=1S/C16H24ClN3O/c1-12(20-9-5-3-2-4-6-10-20)16(21)19-15-8-7-13(17)11-14(15)18/h7-8,11-12H,2-6,9-10,18H2,1H3,(H,19,21). The molecule has 0 aromatic heterocycles. The molecule has 1 aromatic carbocycles. The lowest BCUT2D eigenvalue weighted by molar-refractivity contribution is -0.120. The minimum Gasteiger partial charge on any atom is -0.397 e. The van der Waals surface area contributed by atoms with Gasteiger partial charge in [-0.1, -0.05) is 30.9 Å². The molecule has 4 nitrogen and oxygen atoms in total. The largest absolute Gasteiger partial charge is 0.397 e. The number of hydrogen-bond donors (Lipinski definition) is 2. The van der Waals surface area contributed by atoms with Crippen molar-refractivity contribution in [2.24, 2.45) is 0 Å². The van der Waals surface area contributed by atoms with E-state index in [-0.39, 0.29) is 11.9 Å². The third kappa shape index (κ3) is 4.61. The summed E-state index contributed by atoms with van der Waals surface area (Å²) in [7, 11) is 0. The first-order valence-electron chi connectivity index (χ1n) is 7.68. The van der Waals surface area contributed by atoms with Crippen molar-refractivity contribution in [3.63, 3.8) is 0 Å². The van der Waals surface area contributed by atoms with E-state index in [1.807, 2.05) is 6.92 Å². The molecule has 1 atom stereocenters. The van der Waals surface area contributed by atoms with Gasteiger partial charge in [0.25, 0.3) is 0 Å². The van der Waals surface area contributed by atoms with E-state index >= 15 is 0 Å². The van der Waals surface area contributed by atoms with E-state index in [4.69, 9.17) is 17.3 Å². The number of likely N-dealkylation sites (tertiary alicyclic amines) is 1. The van der Waals surface area contributed by atoms with E-state index in [0.29, 0.717) is 16.4 Å². The molecule has 2 rings (SSSR count). The Kier molecular flexibility index (Phi) is 5.88. The Morgan fingerprint density at radius 1 is 1.24 bits per heavy atom. The second kappa shape index (κ2) is 7.66. The smallest absolute Gasteiger partial charge is 0.241 e. The number of halogens is 1. The summed E-state index contributed by atoms with van der Waals surface area (Å²) in [6, 6.07) is 4.99. The van der Waals surface area contributed by atoms with Gasteiger partial charge in [0, 0.05) is 5.02 Å². The summed E-state index contributed by atoms with van der Waals surface area (Å²) < 4.78 is 0. The molecule has 1 unspecified atom stereocenters. The number of carbonyl (C=O) groups excluding carboxylic acids is 1. The van der Waals surface area contributed by atoms with Crippen LogP contribution < -0.4 is 11.1 Å². The molecule has 3 N–H and O–H groups in total. The highest BCUT2D eigenvalue weighted by atomic mass is 35.5. The van der Waals surface area contributed by atoms with Crippen LogP contribution in [0.5, 0.6) is 0 Å². The normalized spacial score (nSPS) is 18.6. The van der Waals surface area contributed by atoms with Crippen LogP contribution in [0.1, 0.15) is 39.0 Å². The van der Waals surface area contributed by atoms with Gasteiger partial charge in [-0.15, -0.1) is 0 Å². The number of rotatable bonds is 3. The summed E-state index contributed by atoms with van der Waals surface area (Å²) >= 11 is 5.87. The van der Waals surface area contributed by atoms with Crippen LogP contribution in [-0.4, -0.2) is 29.9 Å². The molecule has 1 fully saturated rings. The van der Waals surface area contributed by atoms with Crippen LogP contribution in [0, 0.1) is 0 Å². The topological polar surface area (TPSA) is 58.4 Å². The van der Waals surface area contributed by atoms with Crippen molar-refractivity contribution in [2.45, 2.75) is 45.1 Å². The molecule has 116 valence electrons. The van der Waals surface area contributed by atoms with E-state index in [9.17, 15) is 4.79 Å². The minimum absolute atomic E-state index is 0.00963. The fourth-order valence-electron chi connectivity index (χ4n) is 2.71. The summed E-state index contributed by atoms with van der Waals surface area (Å²) in [5, 5.41) is 3.48. The molecule has 1 aliphatic heterocycles. The molecule has 21 heavy (non-hydrogen) atoms. The van der Waals surface area contributed by atoms with Crippen LogP contribution in [0.3, 0.4) is 0 Å². The van der Waals surface area contributed by atoms with Crippen molar-refractivity contribution in [3.8, 4) is 0 Å². The van der Waals surface area contributed by atoms with Gasteiger partial charge in [0.05, 0.1) is 17.4 Å². The van der Waals surface area contributed by atoms with Crippen molar-refractivity contribution in [2.75, 3.05) is 24.1 Å². The lowest BCUT2D eigenvalue weighted by atomic mass is 10.1. The molecule has 1 aromatic rings. The number of nitrogens with two attached hydrogens (primary N) is 1. The molecule has 5 heteroatoms. The maximum Gasteiger partial charge on any atom is 0.241 e. The Balaban J connectivity index is 1.97. The third-order valence-electron chi connectivity index (χ3n) is 4.09. The second-order valence-corrected chi connectivity index (χ2v) is 6.14. The van der Waals surface area contributed by atoms with Crippen LogP contribution >= 0.6 is 11.6 Å². The highest BCUT2D eigenvalue weighted by Crippen LogP contribution is 2.23. The van der Waals surface area contributed by atoms with Gasteiger partial charge in [0.15, 0.2) is 0 Å². The first kappa shape index (κ1) is 16.1. The van der Waals surface area contributed by atoms with Gasteiger partial charge in [-0.05, 0) is 51.1 Å². The monoisotopic (exact) mass is 309 g/mol. The van der Waals surface area contributed by atoms with E-state index in [1.165, 1.54) is 32.1 Å². The summed E-state index contributed by atoms with van der Waals surface area (Å²) in [6.45, 7) is 3.94. The molecule has 1 aliphatic rings. The highest BCUT2D eigenvalue weighted by Gasteiger charge is 2.22. The zero-order chi connectivity index (χ0) is 15.2. The highest BCUT2D eigenvalue weighted by molar-refractivity contribution is 6.31. The Hall–Kier alpha value is -1.26. The first-order chi connectivity index (χ1) is 10.1. The molecule has 0 bridgehead atoms. The first-order valence-corrected chi connectivity index (χ1v) is 8.05. The maximum absolute atomic E-state index is 12.4. The van der Waals surface area contributed by atoms with Gasteiger partial charge < -0.3 is 11.1 Å². The van der Waals surface area contributed by atoms with Crippen molar-refractivity contribution in [1.82, 2.24) is 4.90 Å². The van der Waals surface area contributed by atoms with E-state index in [2.05, 4.69) is 10.2 Å². The predicted molar refractivity (Wildman–Crippen MR) is 88.6 cm³/mol. The van der Waals surface area contributed by atoms with Crippen LogP contribution in [0.15, 0.2) is 18.2 Å². The summed E-state index contributed by atoms with van der Waals surface area (Å²) in [6.07, 6.45) is 6.17. The summed E-state index contributed by atoms with van der Waals surface area (Å²) in [5.41, 5.74) is 7.01. The Morgan fingerprint density at radius 3 is 2.48 bits per heavy atom. The number of carbonyl (C=O) groups is 1. The molecule has 0 aliphatic carbocycles. The van der Waals surface area contributed by atoms with Gasteiger partial charge in [0.1, 0.15) is 0 Å². The quantitative estimate of drug-likeness (QED) is 0.840. The fourth-order valence-corrected chi connectivity index (χ4v) is 2.89. The molecule has 1 saturated heterocycles. The number of benzene rings is 1. The fraction of sp³-hybridized carbons (Fsp3) is 0.562. The predicted octanol–water partition coefficient (Wildman–Crippen LogP) is 3.52. The van der Waals surface area contributed by atoms with E-state index in [1.54, 1.807) is 18.2 Å². The Bertz CT molecular complexity index is 484. The lowest BCUT2D eigenvalue weighted by Gasteiger charge is -2.29. The van der Waals surface area contributed by atoms with Crippen molar-refractivity contribution >= 4 is 28.9 Å². The zero-order valence-corrected chi connectivity index (χ0v) is 13.3. The second-order valence-electron chi connectivity index (χ2n) is 5.70. The number of hydrogen-bond acceptors (Lipinski definition) is 3. The van der Waals surface area contributed by atoms with E-state index in [0.717, 1.165) is 13.1 Å². The van der Waals surface area contributed by atoms with Crippen LogP contribution in [0.4, 0.5) is 11.4 Å². The maximum atomic E-state index is 12.4. The van der Waals surface area contributed by atoms with Gasteiger partial charge in [-0.3, -0.25) is 9.69 Å². The summed E-state index contributed by atoms with van der Waals surface area (Å²) in [5.74, 6) is -0.00963. The van der Waals surface area contributed by atoms with E-state index < -0.39 is 0 Å². The average Bonchev–Trinajstić information content (AvgIpc) is 2.41. The van der Waals surface area contributed by atoms with Crippen molar-refractivity contribution < 1.29 is 4.79 Å². The molecule has 0 radical (unpaired) electrons. The number of nitrogens with one attached hydrogen (secondary N) is 1. The average molecular weight is 310 g/mol. The van der Waals surface area contributed by atoms with Gasteiger partial charge in [-0.25, -0.2) is 0 Å². The van der Waals surface area contributed by atoms with Crippen molar-refractivity contribution in [1.29, 1.82) is 0 Å². The SMILES string of the molecule is CC(C(=O)Nc1ccc(Cl)cc1N)N1CCCCCCC1. The van der Waals surface area contributed by atoms with Gasteiger partial charge in [0.2, 0.25) is 5.91 Å². The van der Waals surface area contributed by atoms with Crippen LogP contribution in [0.25, 0.3) is 0 Å². The van der Waals surface area contributed by atoms with Crippen molar-refractivity contribution in [3.05, 3.63) is 23.2 Å². The molecule has 0 saturated carbocycles. The van der Waals surface area contributed by atoms with Crippen LogP contribution in [0.2, 0.25) is 5.02 Å². The zero-order valence-electron chi connectivity index (χ0n) is 12.6. The number of amides is 1. The Morgan fingerprint density at radius 2 is 1.86 bits per heavy atom. The van der Waals surface area contributed by atoms with Gasteiger partial charge in [-0.2, -0.15) is 0 Å². The Labute approximate surface area is 131 Å².